The largest absolute Gasteiger partial charge is 0.469 e. The van der Waals surface area contributed by atoms with E-state index < -0.39 is 16.8 Å². The Balaban J connectivity index is 2.42. The number of hydrogen-bond acceptors (Lipinski definition) is 6. The molecular weight excluding hydrogens is 411 g/mol. The Morgan fingerprint density at radius 3 is 2.46 bits per heavy atom. The number of nitro groups is 1. The number of methoxy groups -OCH3 is 1. The Bertz CT molecular complexity index is 919. The van der Waals surface area contributed by atoms with Crippen molar-refractivity contribution in [3.8, 4) is 11.5 Å². The van der Waals surface area contributed by atoms with Crippen LogP contribution in [-0.2, 0) is 14.3 Å². The number of esters is 1. The number of anilines is 1. The predicted molar refractivity (Wildman–Crippen MR) is 104 cm³/mol. The quantitative estimate of drug-likeness (QED) is 0.364. The number of ether oxygens (including phenoxy) is 2. The maximum Gasteiger partial charge on any atom is 0.307 e. The smallest absolute Gasteiger partial charge is 0.307 e. The summed E-state index contributed by atoms with van der Waals surface area (Å²) < 4.78 is 10.2. The fraction of sp³-hybridized carbons (Fsp3) is 0.222. The summed E-state index contributed by atoms with van der Waals surface area (Å²) in [5, 5.41) is 12.1. The maximum absolute atomic E-state index is 12.1. The standard InChI is InChI=1S/C18H16Cl2N2O6/c1-11(23)21(8-7-18(24)27-2)16-10-13(4-5-15(16)22(25)26)28-17-6-3-12(19)9-14(17)20/h3-6,9-10H,7-8H2,1-2H3. The molecule has 0 aliphatic rings. The van der Waals surface area contributed by atoms with Crippen LogP contribution in [0.15, 0.2) is 36.4 Å². The van der Waals surface area contributed by atoms with Crippen LogP contribution in [0.1, 0.15) is 13.3 Å². The van der Waals surface area contributed by atoms with Gasteiger partial charge in [0, 0.05) is 30.6 Å². The van der Waals surface area contributed by atoms with Gasteiger partial charge in [0.2, 0.25) is 5.91 Å². The minimum absolute atomic E-state index is 0.0102. The molecule has 2 aromatic carbocycles. The molecule has 8 nitrogen and oxygen atoms in total. The molecule has 0 saturated carbocycles. The van der Waals surface area contributed by atoms with Gasteiger partial charge in [-0.15, -0.1) is 0 Å². The first-order valence-electron chi connectivity index (χ1n) is 7.99. The highest BCUT2D eigenvalue weighted by Crippen LogP contribution is 2.37. The SMILES string of the molecule is COC(=O)CCN(C(C)=O)c1cc(Oc2ccc(Cl)cc2Cl)ccc1[N+](=O)[O-]. The van der Waals surface area contributed by atoms with Crippen molar-refractivity contribution >= 4 is 46.5 Å². The number of amides is 1. The molecule has 28 heavy (non-hydrogen) atoms. The lowest BCUT2D eigenvalue weighted by atomic mass is 10.2. The van der Waals surface area contributed by atoms with Gasteiger partial charge in [-0.1, -0.05) is 23.2 Å². The molecule has 0 aromatic heterocycles. The van der Waals surface area contributed by atoms with Gasteiger partial charge in [-0.3, -0.25) is 19.7 Å². The van der Waals surface area contributed by atoms with Crippen molar-refractivity contribution in [1.29, 1.82) is 0 Å². The monoisotopic (exact) mass is 426 g/mol. The van der Waals surface area contributed by atoms with Crippen LogP contribution in [0, 0.1) is 10.1 Å². The summed E-state index contributed by atoms with van der Waals surface area (Å²) in [6, 6.07) is 8.54. The van der Waals surface area contributed by atoms with E-state index in [-0.39, 0.29) is 40.9 Å². The third kappa shape index (κ3) is 5.34. The Hall–Kier alpha value is -2.84. The van der Waals surface area contributed by atoms with E-state index >= 15 is 0 Å². The van der Waals surface area contributed by atoms with Crippen LogP contribution >= 0.6 is 23.2 Å². The number of benzene rings is 2. The number of carbonyl (C=O) groups is 2. The minimum atomic E-state index is -0.623. The van der Waals surface area contributed by atoms with E-state index in [2.05, 4.69) is 4.74 Å². The Morgan fingerprint density at radius 2 is 1.89 bits per heavy atom. The highest BCUT2D eigenvalue weighted by Gasteiger charge is 2.24. The second-order valence-electron chi connectivity index (χ2n) is 5.58. The van der Waals surface area contributed by atoms with Crippen LogP contribution in [0.5, 0.6) is 11.5 Å². The third-order valence-electron chi connectivity index (χ3n) is 3.70. The molecule has 0 radical (unpaired) electrons. The number of carbonyl (C=O) groups excluding carboxylic acids is 2. The topological polar surface area (TPSA) is 99.0 Å². The minimum Gasteiger partial charge on any atom is -0.469 e. The van der Waals surface area contributed by atoms with E-state index in [9.17, 15) is 19.7 Å². The zero-order valence-electron chi connectivity index (χ0n) is 15.0. The first kappa shape index (κ1) is 21.5. The number of halogens is 2. The molecule has 1 amide bonds. The molecule has 0 aliphatic carbocycles. The Morgan fingerprint density at radius 1 is 1.18 bits per heavy atom. The molecule has 0 N–H and O–H groups in total. The van der Waals surface area contributed by atoms with E-state index in [1.165, 1.54) is 38.3 Å². The Kier molecular flexibility index (Phi) is 7.19. The number of nitrogens with zero attached hydrogens (tertiary/aromatic N) is 2. The van der Waals surface area contributed by atoms with Crippen LogP contribution in [0.2, 0.25) is 10.0 Å². The zero-order chi connectivity index (χ0) is 20.8. The van der Waals surface area contributed by atoms with Gasteiger partial charge in [0.25, 0.3) is 5.69 Å². The van der Waals surface area contributed by atoms with Gasteiger partial charge in [-0.2, -0.15) is 0 Å². The number of nitro benzene ring substituents is 1. The normalized spacial score (nSPS) is 10.3. The summed E-state index contributed by atoms with van der Waals surface area (Å²) in [7, 11) is 1.22. The molecule has 2 rings (SSSR count). The molecule has 10 heteroatoms. The highest BCUT2D eigenvalue weighted by molar-refractivity contribution is 6.35. The summed E-state index contributed by atoms with van der Waals surface area (Å²) >= 11 is 11.9. The van der Waals surface area contributed by atoms with E-state index in [4.69, 9.17) is 27.9 Å². The van der Waals surface area contributed by atoms with Crippen molar-refractivity contribution in [2.45, 2.75) is 13.3 Å². The van der Waals surface area contributed by atoms with E-state index in [0.717, 1.165) is 4.90 Å². The average molecular weight is 427 g/mol. The molecule has 0 fully saturated rings. The molecule has 148 valence electrons. The summed E-state index contributed by atoms with van der Waals surface area (Å²) in [5.74, 6) is -0.521. The van der Waals surface area contributed by atoms with Crippen molar-refractivity contribution in [2.24, 2.45) is 0 Å². The van der Waals surface area contributed by atoms with Crippen LogP contribution in [-0.4, -0.2) is 30.5 Å². The fourth-order valence-electron chi connectivity index (χ4n) is 2.37. The molecule has 0 bridgehead atoms. The lowest BCUT2D eigenvalue weighted by Gasteiger charge is -2.21. The van der Waals surface area contributed by atoms with E-state index in [0.29, 0.717) is 5.02 Å². The van der Waals surface area contributed by atoms with E-state index in [1.807, 2.05) is 0 Å². The van der Waals surface area contributed by atoms with Crippen molar-refractivity contribution in [2.75, 3.05) is 18.6 Å². The van der Waals surface area contributed by atoms with Gasteiger partial charge in [-0.05, 0) is 24.3 Å². The second-order valence-corrected chi connectivity index (χ2v) is 6.42. The van der Waals surface area contributed by atoms with Crippen LogP contribution < -0.4 is 9.64 Å². The van der Waals surface area contributed by atoms with Gasteiger partial charge >= 0.3 is 5.97 Å². The fourth-order valence-corrected chi connectivity index (χ4v) is 2.82. The lowest BCUT2D eigenvalue weighted by Crippen LogP contribution is -2.31. The Labute approximate surface area is 170 Å². The molecule has 0 atom stereocenters. The summed E-state index contributed by atoms with van der Waals surface area (Å²) in [5.41, 5.74) is -0.321. The lowest BCUT2D eigenvalue weighted by molar-refractivity contribution is -0.384. The summed E-state index contributed by atoms with van der Waals surface area (Å²) in [6.07, 6.45) is -0.124. The van der Waals surface area contributed by atoms with Gasteiger partial charge in [0.1, 0.15) is 17.2 Å². The average Bonchev–Trinajstić information content (AvgIpc) is 2.63. The molecule has 0 aliphatic heterocycles. The summed E-state index contributed by atoms with van der Waals surface area (Å²) in [4.78, 5) is 35.4. The zero-order valence-corrected chi connectivity index (χ0v) is 16.5. The van der Waals surface area contributed by atoms with Crippen LogP contribution in [0.4, 0.5) is 11.4 Å². The molecule has 0 unspecified atom stereocenters. The first-order chi connectivity index (χ1) is 13.2. The molecule has 0 spiro atoms. The third-order valence-corrected chi connectivity index (χ3v) is 4.23. The van der Waals surface area contributed by atoms with Gasteiger partial charge in [0.15, 0.2) is 0 Å². The van der Waals surface area contributed by atoms with Crippen LogP contribution in [0.3, 0.4) is 0 Å². The van der Waals surface area contributed by atoms with Gasteiger partial charge in [-0.25, -0.2) is 0 Å². The highest BCUT2D eigenvalue weighted by atomic mass is 35.5. The summed E-state index contributed by atoms with van der Waals surface area (Å²) in [6.45, 7) is 1.15. The second kappa shape index (κ2) is 9.38. The van der Waals surface area contributed by atoms with Crippen molar-refractivity contribution in [1.82, 2.24) is 0 Å². The van der Waals surface area contributed by atoms with Gasteiger partial charge in [0.05, 0.1) is 23.5 Å². The van der Waals surface area contributed by atoms with Crippen LogP contribution in [0.25, 0.3) is 0 Å². The number of rotatable bonds is 7. The van der Waals surface area contributed by atoms with Crippen molar-refractivity contribution in [3.63, 3.8) is 0 Å². The molecule has 0 heterocycles. The van der Waals surface area contributed by atoms with E-state index in [1.54, 1.807) is 12.1 Å². The molecule has 0 saturated heterocycles. The molecule has 2 aromatic rings. The molecular formula is C18H16Cl2N2O6. The van der Waals surface area contributed by atoms with Crippen molar-refractivity contribution < 1.29 is 24.0 Å². The number of hydrogen-bond donors (Lipinski definition) is 0. The van der Waals surface area contributed by atoms with Crippen molar-refractivity contribution in [3.05, 3.63) is 56.6 Å². The maximum atomic E-state index is 12.1. The van der Waals surface area contributed by atoms with Gasteiger partial charge < -0.3 is 14.4 Å². The first-order valence-corrected chi connectivity index (χ1v) is 8.74. The predicted octanol–water partition coefficient (Wildman–Crippen LogP) is 4.61.